The summed E-state index contributed by atoms with van der Waals surface area (Å²) in [6, 6.07) is 3.80. The van der Waals surface area contributed by atoms with Crippen LogP contribution in [-0.2, 0) is 6.42 Å². The first-order valence-corrected chi connectivity index (χ1v) is 5.92. The van der Waals surface area contributed by atoms with Gasteiger partial charge in [0.1, 0.15) is 5.76 Å². The Labute approximate surface area is 99.0 Å². The van der Waals surface area contributed by atoms with Gasteiger partial charge in [-0.1, -0.05) is 0 Å². The van der Waals surface area contributed by atoms with E-state index in [2.05, 4.69) is 10.2 Å². The standard InChI is InChI=1S/C12H15N3O2/c13-7-9(6-10-2-1-5-16-10)12-15-14-11(17-12)8-3-4-8/h1-2,5,8-9H,3-4,6-7,13H2. The number of furan rings is 1. The van der Waals surface area contributed by atoms with E-state index in [1.165, 1.54) is 0 Å². The van der Waals surface area contributed by atoms with E-state index < -0.39 is 0 Å². The van der Waals surface area contributed by atoms with Crippen molar-refractivity contribution in [3.63, 3.8) is 0 Å². The van der Waals surface area contributed by atoms with E-state index in [1.807, 2.05) is 12.1 Å². The zero-order valence-corrected chi connectivity index (χ0v) is 9.50. The fourth-order valence-electron chi connectivity index (χ4n) is 1.85. The highest BCUT2D eigenvalue weighted by atomic mass is 16.4. The van der Waals surface area contributed by atoms with Crippen molar-refractivity contribution in [2.24, 2.45) is 5.73 Å². The summed E-state index contributed by atoms with van der Waals surface area (Å²) in [6.07, 6.45) is 4.68. The average Bonchev–Trinajstić information content (AvgIpc) is 2.89. The fraction of sp³-hybridized carbons (Fsp3) is 0.500. The highest BCUT2D eigenvalue weighted by Gasteiger charge is 2.30. The number of nitrogens with zero attached hydrogens (tertiary/aromatic N) is 2. The van der Waals surface area contributed by atoms with Crippen LogP contribution < -0.4 is 5.73 Å². The zero-order valence-electron chi connectivity index (χ0n) is 9.50. The molecule has 1 aliphatic carbocycles. The molecule has 0 aliphatic heterocycles. The molecule has 2 aromatic rings. The average molecular weight is 233 g/mol. The monoisotopic (exact) mass is 233 g/mol. The third kappa shape index (κ3) is 2.24. The van der Waals surface area contributed by atoms with Crippen LogP contribution in [0.25, 0.3) is 0 Å². The van der Waals surface area contributed by atoms with Crippen LogP contribution in [0.5, 0.6) is 0 Å². The van der Waals surface area contributed by atoms with Gasteiger partial charge in [-0.05, 0) is 25.0 Å². The van der Waals surface area contributed by atoms with Crippen molar-refractivity contribution in [3.05, 3.63) is 35.9 Å². The summed E-state index contributed by atoms with van der Waals surface area (Å²) in [4.78, 5) is 0. The van der Waals surface area contributed by atoms with Crippen LogP contribution in [0.3, 0.4) is 0 Å². The molecule has 0 amide bonds. The number of hydrogen-bond acceptors (Lipinski definition) is 5. The Balaban J connectivity index is 1.74. The van der Waals surface area contributed by atoms with E-state index in [0.29, 0.717) is 24.8 Å². The topological polar surface area (TPSA) is 78.1 Å². The number of hydrogen-bond donors (Lipinski definition) is 1. The zero-order chi connectivity index (χ0) is 11.7. The molecule has 5 nitrogen and oxygen atoms in total. The molecule has 2 N–H and O–H groups in total. The van der Waals surface area contributed by atoms with Gasteiger partial charge < -0.3 is 14.6 Å². The van der Waals surface area contributed by atoms with Gasteiger partial charge in [0.2, 0.25) is 11.8 Å². The summed E-state index contributed by atoms with van der Waals surface area (Å²) in [7, 11) is 0. The summed E-state index contributed by atoms with van der Waals surface area (Å²) < 4.78 is 11.0. The van der Waals surface area contributed by atoms with Gasteiger partial charge in [0.25, 0.3) is 0 Å². The van der Waals surface area contributed by atoms with Crippen molar-refractivity contribution in [3.8, 4) is 0 Å². The minimum Gasteiger partial charge on any atom is -0.469 e. The van der Waals surface area contributed by atoms with Crippen LogP contribution in [0.15, 0.2) is 27.2 Å². The lowest BCUT2D eigenvalue weighted by atomic mass is 10.0. The van der Waals surface area contributed by atoms with Gasteiger partial charge in [0.05, 0.1) is 12.2 Å². The molecule has 1 atom stereocenters. The normalized spacial score (nSPS) is 17.2. The van der Waals surface area contributed by atoms with E-state index in [-0.39, 0.29) is 5.92 Å². The Kier molecular flexibility index (Phi) is 2.68. The summed E-state index contributed by atoms with van der Waals surface area (Å²) in [6.45, 7) is 0.479. The molecule has 1 aliphatic rings. The second-order valence-corrected chi connectivity index (χ2v) is 4.47. The van der Waals surface area contributed by atoms with Crippen LogP contribution in [0.4, 0.5) is 0 Å². The minimum absolute atomic E-state index is 0.0427. The first kappa shape index (κ1) is 10.5. The molecular weight excluding hydrogens is 218 g/mol. The van der Waals surface area contributed by atoms with Crippen molar-refractivity contribution in [2.75, 3.05) is 6.54 Å². The van der Waals surface area contributed by atoms with Gasteiger partial charge in [0.15, 0.2) is 0 Å². The first-order chi connectivity index (χ1) is 8.36. The molecular formula is C12H15N3O2. The second-order valence-electron chi connectivity index (χ2n) is 4.47. The summed E-state index contributed by atoms with van der Waals surface area (Å²) in [5.41, 5.74) is 5.75. The largest absolute Gasteiger partial charge is 0.469 e. The van der Waals surface area contributed by atoms with Crippen LogP contribution in [0, 0.1) is 0 Å². The number of nitrogens with two attached hydrogens (primary N) is 1. The highest BCUT2D eigenvalue weighted by molar-refractivity contribution is 5.07. The van der Waals surface area contributed by atoms with E-state index in [0.717, 1.165) is 24.5 Å². The summed E-state index contributed by atoms with van der Waals surface area (Å²) in [5, 5.41) is 8.16. The Morgan fingerprint density at radius 1 is 1.41 bits per heavy atom. The second kappa shape index (κ2) is 4.33. The molecule has 90 valence electrons. The molecule has 1 unspecified atom stereocenters. The Morgan fingerprint density at radius 3 is 2.94 bits per heavy atom. The Bertz CT molecular complexity index is 474. The molecule has 3 rings (SSSR count). The van der Waals surface area contributed by atoms with Crippen LogP contribution in [-0.4, -0.2) is 16.7 Å². The number of aromatic nitrogens is 2. The van der Waals surface area contributed by atoms with Gasteiger partial charge in [-0.2, -0.15) is 0 Å². The van der Waals surface area contributed by atoms with Crippen molar-refractivity contribution in [1.82, 2.24) is 10.2 Å². The van der Waals surface area contributed by atoms with Crippen molar-refractivity contribution >= 4 is 0 Å². The van der Waals surface area contributed by atoms with E-state index in [9.17, 15) is 0 Å². The van der Waals surface area contributed by atoms with Gasteiger partial charge >= 0.3 is 0 Å². The maximum atomic E-state index is 5.75. The minimum atomic E-state index is 0.0427. The van der Waals surface area contributed by atoms with Crippen molar-refractivity contribution in [2.45, 2.75) is 31.1 Å². The van der Waals surface area contributed by atoms with Gasteiger partial charge in [0, 0.05) is 18.9 Å². The lowest BCUT2D eigenvalue weighted by Gasteiger charge is -2.07. The van der Waals surface area contributed by atoms with E-state index in [1.54, 1.807) is 6.26 Å². The predicted molar refractivity (Wildman–Crippen MR) is 60.5 cm³/mol. The third-order valence-corrected chi connectivity index (χ3v) is 3.04. The lowest BCUT2D eigenvalue weighted by molar-refractivity contribution is 0.398. The molecule has 0 saturated heterocycles. The molecule has 1 fully saturated rings. The quantitative estimate of drug-likeness (QED) is 0.852. The third-order valence-electron chi connectivity index (χ3n) is 3.04. The maximum absolute atomic E-state index is 5.75. The van der Waals surface area contributed by atoms with E-state index in [4.69, 9.17) is 14.6 Å². The van der Waals surface area contributed by atoms with Crippen LogP contribution in [0.1, 0.15) is 42.2 Å². The highest BCUT2D eigenvalue weighted by Crippen LogP contribution is 2.39. The molecule has 0 bridgehead atoms. The fourth-order valence-corrected chi connectivity index (χ4v) is 1.85. The summed E-state index contributed by atoms with van der Waals surface area (Å²) in [5.74, 6) is 2.81. The predicted octanol–water partition coefficient (Wildman–Crippen LogP) is 1.82. The van der Waals surface area contributed by atoms with Gasteiger partial charge in [-0.25, -0.2) is 0 Å². The first-order valence-electron chi connectivity index (χ1n) is 5.92. The van der Waals surface area contributed by atoms with E-state index >= 15 is 0 Å². The molecule has 2 aromatic heterocycles. The smallest absolute Gasteiger partial charge is 0.221 e. The van der Waals surface area contributed by atoms with Crippen molar-refractivity contribution < 1.29 is 8.83 Å². The Hall–Kier alpha value is -1.62. The molecule has 0 aromatic carbocycles. The molecule has 5 heteroatoms. The molecule has 1 saturated carbocycles. The van der Waals surface area contributed by atoms with Crippen LogP contribution >= 0.6 is 0 Å². The van der Waals surface area contributed by atoms with Crippen LogP contribution in [0.2, 0.25) is 0 Å². The van der Waals surface area contributed by atoms with Crippen molar-refractivity contribution in [1.29, 1.82) is 0 Å². The maximum Gasteiger partial charge on any atom is 0.221 e. The van der Waals surface area contributed by atoms with Gasteiger partial charge in [-0.3, -0.25) is 0 Å². The van der Waals surface area contributed by atoms with Gasteiger partial charge in [-0.15, -0.1) is 10.2 Å². The number of rotatable bonds is 5. The lowest BCUT2D eigenvalue weighted by Crippen LogP contribution is -2.15. The Morgan fingerprint density at radius 2 is 2.29 bits per heavy atom. The summed E-state index contributed by atoms with van der Waals surface area (Å²) >= 11 is 0. The molecule has 17 heavy (non-hydrogen) atoms. The molecule has 0 spiro atoms. The SMILES string of the molecule is NCC(Cc1ccco1)c1nnc(C2CC2)o1. The molecule has 0 radical (unpaired) electrons. The molecule has 2 heterocycles.